The van der Waals surface area contributed by atoms with Gasteiger partial charge in [0, 0.05) is 30.4 Å². The number of rotatable bonds is 3. The van der Waals surface area contributed by atoms with Crippen LogP contribution in [0.1, 0.15) is 23.9 Å². The predicted octanol–water partition coefficient (Wildman–Crippen LogP) is 3.07. The molecule has 0 amide bonds. The second-order valence-corrected chi connectivity index (χ2v) is 5.43. The lowest BCUT2D eigenvalue weighted by molar-refractivity contribution is 0.527. The summed E-state index contributed by atoms with van der Waals surface area (Å²) in [5.41, 5.74) is 2.40. The number of hydrogen-bond acceptors (Lipinski definition) is 3. The molecule has 0 saturated carbocycles. The van der Waals surface area contributed by atoms with E-state index in [1.807, 2.05) is 18.3 Å². The second kappa shape index (κ2) is 5.13. The Morgan fingerprint density at radius 1 is 1.05 bits per heavy atom. The van der Waals surface area contributed by atoms with Crippen LogP contribution in [-0.4, -0.2) is 19.7 Å². The van der Waals surface area contributed by atoms with E-state index in [-0.39, 0.29) is 0 Å². The van der Waals surface area contributed by atoms with E-state index in [2.05, 4.69) is 50.1 Å². The Balaban J connectivity index is 1.70. The van der Waals surface area contributed by atoms with Crippen molar-refractivity contribution < 1.29 is 0 Å². The van der Waals surface area contributed by atoms with E-state index < -0.39 is 0 Å². The molecule has 1 atom stereocenters. The molecule has 0 spiro atoms. The van der Waals surface area contributed by atoms with Gasteiger partial charge >= 0.3 is 0 Å². The molecule has 4 rings (SSSR count). The van der Waals surface area contributed by atoms with E-state index in [4.69, 9.17) is 0 Å². The largest absolute Gasteiger partial charge is 0.307 e. The van der Waals surface area contributed by atoms with Crippen molar-refractivity contribution in [1.29, 1.82) is 0 Å². The zero-order chi connectivity index (χ0) is 14.1. The first kappa shape index (κ1) is 12.3. The van der Waals surface area contributed by atoms with E-state index in [1.54, 1.807) is 6.20 Å². The number of pyridine rings is 1. The molecular formula is C17H16N4. The second-order valence-electron chi connectivity index (χ2n) is 5.43. The average molecular weight is 276 g/mol. The zero-order valence-corrected chi connectivity index (χ0v) is 11.7. The third kappa shape index (κ3) is 2.23. The van der Waals surface area contributed by atoms with Gasteiger partial charge in [0.15, 0.2) is 5.82 Å². The Kier molecular flexibility index (Phi) is 2.99. The number of fused-ring (bicyclic) bond motifs is 1. The molecule has 0 N–H and O–H groups in total. The average Bonchev–Trinajstić information content (AvgIpc) is 3.12. The van der Waals surface area contributed by atoms with E-state index in [9.17, 15) is 0 Å². The minimum Gasteiger partial charge on any atom is -0.307 e. The van der Waals surface area contributed by atoms with Gasteiger partial charge in [0.2, 0.25) is 0 Å². The SMILES string of the molecule is c1ccc(CC2CCc3nnc(-c4cccnc4)n32)cc1. The maximum absolute atomic E-state index is 4.37. The van der Waals surface area contributed by atoms with Gasteiger partial charge < -0.3 is 4.57 Å². The first-order chi connectivity index (χ1) is 10.4. The molecule has 0 aliphatic carbocycles. The Labute approximate surface area is 123 Å². The lowest BCUT2D eigenvalue weighted by atomic mass is 10.0. The van der Waals surface area contributed by atoms with Gasteiger partial charge in [-0.15, -0.1) is 10.2 Å². The van der Waals surface area contributed by atoms with Gasteiger partial charge in [-0.1, -0.05) is 30.3 Å². The van der Waals surface area contributed by atoms with Crippen LogP contribution in [0.5, 0.6) is 0 Å². The van der Waals surface area contributed by atoms with Gasteiger partial charge in [0.05, 0.1) is 0 Å². The molecule has 104 valence electrons. The summed E-state index contributed by atoms with van der Waals surface area (Å²) >= 11 is 0. The summed E-state index contributed by atoms with van der Waals surface area (Å²) in [7, 11) is 0. The van der Waals surface area contributed by atoms with Crippen molar-refractivity contribution in [3.63, 3.8) is 0 Å². The van der Waals surface area contributed by atoms with Crippen LogP contribution in [0.15, 0.2) is 54.9 Å². The summed E-state index contributed by atoms with van der Waals surface area (Å²) in [6.45, 7) is 0. The standard InChI is InChI=1S/C17H16N4/c1-2-5-13(6-3-1)11-15-8-9-16-19-20-17(21(15)16)14-7-4-10-18-12-14/h1-7,10,12,15H,8-9,11H2. The molecule has 0 saturated heterocycles. The van der Waals surface area contributed by atoms with Crippen LogP contribution >= 0.6 is 0 Å². The molecule has 1 unspecified atom stereocenters. The molecule has 3 heterocycles. The summed E-state index contributed by atoms with van der Waals surface area (Å²) in [5.74, 6) is 2.03. The molecular weight excluding hydrogens is 260 g/mol. The summed E-state index contributed by atoms with van der Waals surface area (Å²) in [4.78, 5) is 4.19. The number of nitrogens with zero attached hydrogens (tertiary/aromatic N) is 4. The minimum absolute atomic E-state index is 0.438. The number of aromatic nitrogens is 4. The fourth-order valence-electron chi connectivity index (χ4n) is 3.07. The molecule has 1 aromatic carbocycles. The quantitative estimate of drug-likeness (QED) is 0.738. The molecule has 0 bridgehead atoms. The fourth-order valence-corrected chi connectivity index (χ4v) is 3.07. The first-order valence-corrected chi connectivity index (χ1v) is 7.30. The zero-order valence-electron chi connectivity index (χ0n) is 11.7. The molecule has 3 aromatic rings. The highest BCUT2D eigenvalue weighted by Gasteiger charge is 2.27. The van der Waals surface area contributed by atoms with Crippen LogP contribution in [0.25, 0.3) is 11.4 Å². The van der Waals surface area contributed by atoms with Crippen LogP contribution in [0.3, 0.4) is 0 Å². The molecule has 21 heavy (non-hydrogen) atoms. The third-order valence-electron chi connectivity index (χ3n) is 4.07. The van der Waals surface area contributed by atoms with Gasteiger partial charge in [0.1, 0.15) is 5.82 Å². The molecule has 1 aliphatic heterocycles. The highest BCUT2D eigenvalue weighted by molar-refractivity contribution is 5.54. The van der Waals surface area contributed by atoms with E-state index in [0.29, 0.717) is 6.04 Å². The number of benzene rings is 1. The van der Waals surface area contributed by atoms with Crippen molar-refractivity contribution in [2.24, 2.45) is 0 Å². The fraction of sp³-hybridized carbons (Fsp3) is 0.235. The van der Waals surface area contributed by atoms with Gasteiger partial charge in [-0.3, -0.25) is 4.98 Å². The Hall–Kier alpha value is -2.49. The lowest BCUT2D eigenvalue weighted by Crippen LogP contribution is -2.09. The van der Waals surface area contributed by atoms with Gasteiger partial charge in [-0.25, -0.2) is 0 Å². The summed E-state index contributed by atoms with van der Waals surface area (Å²) in [5, 5.41) is 8.72. The maximum atomic E-state index is 4.37. The monoisotopic (exact) mass is 276 g/mol. The first-order valence-electron chi connectivity index (χ1n) is 7.30. The van der Waals surface area contributed by atoms with Crippen LogP contribution in [0.4, 0.5) is 0 Å². The number of aryl methyl sites for hydroxylation is 1. The lowest BCUT2D eigenvalue weighted by Gasteiger charge is -2.15. The Morgan fingerprint density at radius 3 is 2.76 bits per heavy atom. The van der Waals surface area contributed by atoms with Crippen LogP contribution < -0.4 is 0 Å². The number of hydrogen-bond donors (Lipinski definition) is 0. The van der Waals surface area contributed by atoms with Crippen LogP contribution in [-0.2, 0) is 12.8 Å². The molecule has 2 aromatic heterocycles. The van der Waals surface area contributed by atoms with E-state index in [0.717, 1.165) is 36.5 Å². The van der Waals surface area contributed by atoms with E-state index in [1.165, 1.54) is 5.56 Å². The highest BCUT2D eigenvalue weighted by atomic mass is 15.3. The van der Waals surface area contributed by atoms with Crippen molar-refractivity contribution in [2.75, 3.05) is 0 Å². The Morgan fingerprint density at radius 2 is 1.95 bits per heavy atom. The van der Waals surface area contributed by atoms with Gasteiger partial charge in [-0.05, 0) is 30.5 Å². The highest BCUT2D eigenvalue weighted by Crippen LogP contribution is 2.32. The van der Waals surface area contributed by atoms with Gasteiger partial charge in [-0.2, -0.15) is 0 Å². The van der Waals surface area contributed by atoms with Crippen molar-refractivity contribution in [3.8, 4) is 11.4 Å². The summed E-state index contributed by atoms with van der Waals surface area (Å²) < 4.78 is 2.30. The van der Waals surface area contributed by atoms with Crippen molar-refractivity contribution in [3.05, 3.63) is 66.2 Å². The molecule has 4 nitrogen and oxygen atoms in total. The van der Waals surface area contributed by atoms with E-state index >= 15 is 0 Å². The normalized spacial score (nSPS) is 16.9. The van der Waals surface area contributed by atoms with Crippen molar-refractivity contribution in [2.45, 2.75) is 25.3 Å². The van der Waals surface area contributed by atoms with Crippen LogP contribution in [0.2, 0.25) is 0 Å². The van der Waals surface area contributed by atoms with Crippen molar-refractivity contribution in [1.82, 2.24) is 19.7 Å². The predicted molar refractivity (Wildman–Crippen MR) is 80.8 cm³/mol. The summed E-state index contributed by atoms with van der Waals surface area (Å²) in [6, 6.07) is 15.0. The van der Waals surface area contributed by atoms with Crippen LogP contribution in [0, 0.1) is 0 Å². The van der Waals surface area contributed by atoms with Crippen molar-refractivity contribution >= 4 is 0 Å². The molecule has 1 aliphatic rings. The smallest absolute Gasteiger partial charge is 0.165 e. The summed E-state index contributed by atoms with van der Waals surface area (Å²) in [6.07, 6.45) is 6.80. The maximum Gasteiger partial charge on any atom is 0.165 e. The molecule has 0 fully saturated rings. The molecule has 0 radical (unpaired) electrons. The molecule has 4 heteroatoms. The Bertz CT molecular complexity index is 734. The minimum atomic E-state index is 0.438. The third-order valence-corrected chi connectivity index (χ3v) is 4.07. The topological polar surface area (TPSA) is 43.6 Å². The van der Waals surface area contributed by atoms with Gasteiger partial charge in [0.25, 0.3) is 0 Å².